The molecule has 25 heavy (non-hydrogen) atoms. The van der Waals surface area contributed by atoms with Crippen LogP contribution in [-0.4, -0.2) is 42.2 Å². The minimum absolute atomic E-state index is 0.0723. The molecule has 1 aliphatic rings. The number of carbonyl (C=O) groups is 1. The van der Waals surface area contributed by atoms with E-state index in [0.717, 1.165) is 31.6 Å². The predicted molar refractivity (Wildman–Crippen MR) is 93.0 cm³/mol. The Morgan fingerprint density at radius 2 is 2.16 bits per heavy atom. The van der Waals surface area contributed by atoms with Gasteiger partial charge in [0, 0.05) is 43.1 Å². The van der Waals surface area contributed by atoms with Crippen LogP contribution in [0, 0.1) is 5.82 Å². The first-order valence-corrected chi connectivity index (χ1v) is 8.17. The zero-order valence-electron chi connectivity index (χ0n) is 14.0. The van der Waals surface area contributed by atoms with Crippen molar-refractivity contribution in [3.05, 3.63) is 54.0 Å². The van der Waals surface area contributed by atoms with Crippen molar-refractivity contribution in [1.29, 1.82) is 0 Å². The van der Waals surface area contributed by atoms with Gasteiger partial charge in [-0.2, -0.15) is 0 Å². The van der Waals surface area contributed by atoms with E-state index in [1.807, 2.05) is 12.1 Å². The smallest absolute Gasteiger partial charge is 0.319 e. The Morgan fingerprint density at radius 3 is 2.92 bits per heavy atom. The average molecular weight is 344 g/mol. The summed E-state index contributed by atoms with van der Waals surface area (Å²) >= 11 is 0. The molecule has 1 saturated heterocycles. The fourth-order valence-corrected chi connectivity index (χ4v) is 2.95. The standard InChI is InChI=1S/C18H21FN4O2/c1-25-17-13(3-2-9-20-17)11-23-10-8-16(12-23)22-18(24)21-15-6-4-14(19)5-7-15/h2-7,9,16H,8,10-12H2,1H3,(H2,21,22,24)/t16-/m1/s1. The number of amides is 2. The Labute approximate surface area is 146 Å². The lowest BCUT2D eigenvalue weighted by molar-refractivity contribution is 0.247. The van der Waals surface area contributed by atoms with Crippen LogP contribution in [0.5, 0.6) is 5.88 Å². The van der Waals surface area contributed by atoms with Crippen LogP contribution < -0.4 is 15.4 Å². The molecule has 1 atom stereocenters. The fraction of sp³-hybridized carbons (Fsp3) is 0.333. The number of methoxy groups -OCH3 is 1. The van der Waals surface area contributed by atoms with Gasteiger partial charge in [-0.05, 0) is 36.8 Å². The number of nitrogens with one attached hydrogen (secondary N) is 2. The van der Waals surface area contributed by atoms with Crippen molar-refractivity contribution in [3.8, 4) is 5.88 Å². The molecule has 0 bridgehead atoms. The molecule has 6 nitrogen and oxygen atoms in total. The van der Waals surface area contributed by atoms with Crippen molar-refractivity contribution in [2.45, 2.75) is 19.0 Å². The van der Waals surface area contributed by atoms with E-state index in [2.05, 4.69) is 20.5 Å². The maximum atomic E-state index is 12.9. The van der Waals surface area contributed by atoms with Gasteiger partial charge in [-0.15, -0.1) is 0 Å². The molecule has 7 heteroatoms. The second kappa shape index (κ2) is 7.94. The molecule has 1 aromatic heterocycles. The van der Waals surface area contributed by atoms with Crippen molar-refractivity contribution in [2.24, 2.45) is 0 Å². The maximum absolute atomic E-state index is 12.9. The number of halogens is 1. The van der Waals surface area contributed by atoms with E-state index < -0.39 is 0 Å². The van der Waals surface area contributed by atoms with Gasteiger partial charge in [0.2, 0.25) is 5.88 Å². The van der Waals surface area contributed by atoms with E-state index in [1.54, 1.807) is 13.3 Å². The van der Waals surface area contributed by atoms with Crippen LogP contribution in [0.1, 0.15) is 12.0 Å². The topological polar surface area (TPSA) is 66.5 Å². The van der Waals surface area contributed by atoms with Gasteiger partial charge < -0.3 is 15.4 Å². The second-order valence-electron chi connectivity index (χ2n) is 6.00. The number of anilines is 1. The van der Waals surface area contributed by atoms with E-state index in [9.17, 15) is 9.18 Å². The van der Waals surface area contributed by atoms with Gasteiger partial charge in [-0.1, -0.05) is 6.07 Å². The lowest BCUT2D eigenvalue weighted by Crippen LogP contribution is -2.39. The van der Waals surface area contributed by atoms with Gasteiger partial charge in [0.25, 0.3) is 0 Å². The van der Waals surface area contributed by atoms with Gasteiger partial charge in [0.15, 0.2) is 0 Å². The summed E-state index contributed by atoms with van der Waals surface area (Å²) in [5.41, 5.74) is 1.59. The Bertz CT molecular complexity index is 723. The van der Waals surface area contributed by atoms with Crippen LogP contribution in [0.4, 0.5) is 14.9 Å². The highest BCUT2D eigenvalue weighted by atomic mass is 19.1. The highest BCUT2D eigenvalue weighted by Gasteiger charge is 2.24. The molecule has 0 radical (unpaired) electrons. The molecule has 1 fully saturated rings. The van der Waals surface area contributed by atoms with E-state index >= 15 is 0 Å². The third-order valence-corrected chi connectivity index (χ3v) is 4.15. The van der Waals surface area contributed by atoms with Crippen LogP contribution >= 0.6 is 0 Å². The molecule has 1 aromatic carbocycles. The lowest BCUT2D eigenvalue weighted by atomic mass is 10.2. The quantitative estimate of drug-likeness (QED) is 0.875. The lowest BCUT2D eigenvalue weighted by Gasteiger charge is -2.18. The Morgan fingerprint density at radius 1 is 1.36 bits per heavy atom. The number of pyridine rings is 1. The summed E-state index contributed by atoms with van der Waals surface area (Å²) in [4.78, 5) is 18.5. The molecular weight excluding hydrogens is 323 g/mol. The number of rotatable bonds is 5. The molecule has 2 amide bonds. The summed E-state index contributed by atoms with van der Waals surface area (Å²) in [5, 5.41) is 5.67. The number of nitrogens with zero attached hydrogens (tertiary/aromatic N) is 2. The molecule has 0 aliphatic carbocycles. The third kappa shape index (κ3) is 4.67. The molecule has 1 aliphatic heterocycles. The van der Waals surface area contributed by atoms with Gasteiger partial charge >= 0.3 is 6.03 Å². The minimum Gasteiger partial charge on any atom is -0.481 e. The first-order valence-electron chi connectivity index (χ1n) is 8.17. The van der Waals surface area contributed by atoms with Crippen molar-refractivity contribution in [2.75, 3.05) is 25.5 Å². The molecule has 132 valence electrons. The summed E-state index contributed by atoms with van der Waals surface area (Å²) in [6.45, 7) is 2.38. The molecule has 2 aromatic rings. The molecular formula is C18H21FN4O2. The van der Waals surface area contributed by atoms with E-state index in [0.29, 0.717) is 11.6 Å². The van der Waals surface area contributed by atoms with Gasteiger partial charge in [-0.25, -0.2) is 14.2 Å². The number of likely N-dealkylation sites (tertiary alicyclic amines) is 1. The number of carbonyl (C=O) groups excluding carboxylic acids is 1. The zero-order chi connectivity index (χ0) is 17.6. The normalized spacial score (nSPS) is 17.3. The van der Waals surface area contributed by atoms with E-state index in [1.165, 1.54) is 24.3 Å². The zero-order valence-corrected chi connectivity index (χ0v) is 14.0. The molecule has 2 N–H and O–H groups in total. The average Bonchev–Trinajstić information content (AvgIpc) is 3.04. The molecule has 0 spiro atoms. The van der Waals surface area contributed by atoms with E-state index in [4.69, 9.17) is 4.74 Å². The molecule has 0 unspecified atom stereocenters. The highest BCUT2D eigenvalue weighted by Crippen LogP contribution is 2.19. The summed E-state index contributed by atoms with van der Waals surface area (Å²) in [5.74, 6) is 0.302. The number of hydrogen-bond acceptors (Lipinski definition) is 4. The summed E-state index contributed by atoms with van der Waals surface area (Å²) in [7, 11) is 1.61. The van der Waals surface area contributed by atoms with Crippen molar-refractivity contribution in [3.63, 3.8) is 0 Å². The SMILES string of the molecule is COc1ncccc1CN1CC[C@@H](NC(=O)Nc2ccc(F)cc2)C1. The van der Waals surface area contributed by atoms with Crippen molar-refractivity contribution >= 4 is 11.7 Å². The number of aromatic nitrogens is 1. The van der Waals surface area contributed by atoms with Crippen LogP contribution in [-0.2, 0) is 6.54 Å². The monoisotopic (exact) mass is 344 g/mol. The van der Waals surface area contributed by atoms with Gasteiger partial charge in [0.1, 0.15) is 5.82 Å². The number of urea groups is 1. The van der Waals surface area contributed by atoms with Gasteiger partial charge in [-0.3, -0.25) is 4.90 Å². The van der Waals surface area contributed by atoms with Crippen LogP contribution in [0.15, 0.2) is 42.6 Å². The minimum atomic E-state index is -0.330. The molecule has 2 heterocycles. The number of ether oxygens (including phenoxy) is 1. The Balaban J connectivity index is 1.49. The maximum Gasteiger partial charge on any atom is 0.319 e. The number of hydrogen-bond donors (Lipinski definition) is 2. The fourth-order valence-electron chi connectivity index (χ4n) is 2.95. The summed E-state index contributed by atoms with van der Waals surface area (Å²) < 4.78 is 18.2. The van der Waals surface area contributed by atoms with Crippen LogP contribution in [0.25, 0.3) is 0 Å². The summed E-state index contributed by atoms with van der Waals surface area (Å²) in [6.07, 6.45) is 2.58. The second-order valence-corrected chi connectivity index (χ2v) is 6.00. The van der Waals surface area contributed by atoms with Crippen LogP contribution in [0.3, 0.4) is 0 Å². The number of benzene rings is 1. The van der Waals surface area contributed by atoms with Crippen molar-refractivity contribution in [1.82, 2.24) is 15.2 Å². The Kier molecular flexibility index (Phi) is 5.45. The predicted octanol–water partition coefficient (Wildman–Crippen LogP) is 2.63. The first kappa shape index (κ1) is 17.2. The first-order chi connectivity index (χ1) is 12.1. The van der Waals surface area contributed by atoms with Crippen LogP contribution in [0.2, 0.25) is 0 Å². The molecule has 3 rings (SSSR count). The van der Waals surface area contributed by atoms with Crippen molar-refractivity contribution < 1.29 is 13.9 Å². The Hall–Kier alpha value is -2.67. The summed E-state index contributed by atoms with van der Waals surface area (Å²) in [6, 6.07) is 9.37. The largest absolute Gasteiger partial charge is 0.481 e. The van der Waals surface area contributed by atoms with Gasteiger partial charge in [0.05, 0.1) is 7.11 Å². The third-order valence-electron chi connectivity index (χ3n) is 4.15. The van der Waals surface area contributed by atoms with E-state index in [-0.39, 0.29) is 17.9 Å². The highest BCUT2D eigenvalue weighted by molar-refractivity contribution is 5.89. The molecule has 0 saturated carbocycles.